The molecule has 2 unspecified atom stereocenters. The zero-order valence-electron chi connectivity index (χ0n) is 80.1. The Morgan fingerprint density at radius 3 is 1.58 bits per heavy atom. The molecule has 0 bridgehead atoms. The molecular weight excluding hydrogens is 1680 g/mol. The Hall–Kier alpha value is -15.5. The highest BCUT2D eigenvalue weighted by Crippen LogP contribution is 2.67. The van der Waals surface area contributed by atoms with E-state index >= 15 is 0 Å². The Bertz CT molecular complexity index is 7260. The van der Waals surface area contributed by atoms with Crippen LogP contribution in [-0.4, -0.2) is 50.6 Å². The van der Waals surface area contributed by atoms with Gasteiger partial charge in [0.1, 0.15) is 5.75 Å². The fraction of sp³-hybridized carbons (Fsp3) is 0.153. The van der Waals surface area contributed by atoms with Crippen molar-refractivity contribution in [1.29, 1.82) is 0 Å². The van der Waals surface area contributed by atoms with Crippen molar-refractivity contribution in [1.82, 2.24) is 4.98 Å². The molecule has 19 rings (SSSR count). The number of nitrogens with one attached hydrogen (secondary N) is 1. The van der Waals surface area contributed by atoms with E-state index in [1.807, 2.05) is 18.2 Å². The highest BCUT2D eigenvalue weighted by Gasteiger charge is 2.51. The lowest BCUT2D eigenvalue weighted by atomic mass is 9.53. The van der Waals surface area contributed by atoms with Crippen LogP contribution in [0.2, 0.25) is 0 Å². The minimum atomic E-state index is -1.04. The largest absolute Gasteiger partial charge is 0.496 e. The number of nitrogens with zero attached hydrogens (tertiary/aromatic N) is 3. The summed E-state index contributed by atoms with van der Waals surface area (Å²) in [4.78, 5) is 9.85. The van der Waals surface area contributed by atoms with E-state index in [-0.39, 0.29) is 6.61 Å². The van der Waals surface area contributed by atoms with E-state index in [4.69, 9.17) is 21.0 Å². The van der Waals surface area contributed by atoms with Gasteiger partial charge in [0.15, 0.2) is 0 Å². The predicted octanol–water partition coefficient (Wildman–Crippen LogP) is 32.7. The Morgan fingerprint density at radius 2 is 0.971 bits per heavy atom. The third kappa shape index (κ3) is 20.0. The maximum absolute atomic E-state index is 10.7. The molecule has 16 aromatic carbocycles. The molecule has 17 aromatic rings. The normalized spacial score (nSPS) is 14.4. The molecule has 2 N–H and O–H groups in total. The van der Waals surface area contributed by atoms with E-state index in [9.17, 15) is 5.11 Å². The molecule has 7 heteroatoms. The van der Waals surface area contributed by atoms with Crippen LogP contribution in [-0.2, 0) is 29.7 Å². The first-order chi connectivity index (χ1) is 67.7. The van der Waals surface area contributed by atoms with E-state index in [2.05, 4.69) is 463 Å². The van der Waals surface area contributed by atoms with Crippen LogP contribution < -0.4 is 19.9 Å². The topological polar surface area (TPSA) is 70.1 Å². The van der Waals surface area contributed by atoms with Crippen LogP contribution in [0.4, 0.5) is 22.7 Å². The molecule has 2 atom stereocenters. The number of aryl methyl sites for hydroxylation is 3. The average Bonchev–Trinajstić information content (AvgIpc) is 0.682. The van der Waals surface area contributed by atoms with Crippen molar-refractivity contribution in [3.05, 3.63) is 502 Å². The zero-order chi connectivity index (χ0) is 94.4. The van der Waals surface area contributed by atoms with Gasteiger partial charge in [-0.05, 0) is 284 Å². The lowest BCUT2D eigenvalue weighted by Crippen LogP contribution is -2.37. The molecule has 0 spiro atoms. The maximum atomic E-state index is 10.7. The molecular formula is C131H118N4O3. The first-order valence-corrected chi connectivity index (χ1v) is 48.8. The van der Waals surface area contributed by atoms with Crippen LogP contribution >= 0.6 is 0 Å². The van der Waals surface area contributed by atoms with E-state index in [0.29, 0.717) is 19.8 Å². The van der Waals surface area contributed by atoms with Crippen molar-refractivity contribution in [2.75, 3.05) is 55.6 Å². The molecule has 0 amide bonds. The number of aliphatic hydroxyl groups excluding tert-OH is 1. The van der Waals surface area contributed by atoms with Crippen molar-refractivity contribution in [3.8, 4) is 83.6 Å². The van der Waals surface area contributed by atoms with Gasteiger partial charge < -0.3 is 29.7 Å². The first-order valence-electron chi connectivity index (χ1n) is 48.8. The van der Waals surface area contributed by atoms with Crippen LogP contribution in [0.5, 0.6) is 5.75 Å². The number of aliphatic hydroxyl groups is 1. The average molecular weight is 1800 g/mol. The minimum absolute atomic E-state index is 0.0709. The number of hydrogen-bond acceptors (Lipinski definition) is 7. The summed E-state index contributed by atoms with van der Waals surface area (Å²) in [7, 11) is 3.95. The fourth-order valence-electron chi connectivity index (χ4n) is 20.4. The van der Waals surface area contributed by atoms with Gasteiger partial charge >= 0.3 is 0 Å². The van der Waals surface area contributed by atoms with Gasteiger partial charge in [0.2, 0.25) is 0 Å². The minimum Gasteiger partial charge on any atom is -0.496 e. The molecule has 1 fully saturated rings. The first kappa shape index (κ1) is 91.6. The summed E-state index contributed by atoms with van der Waals surface area (Å²) in [5, 5.41) is 14.6. The molecule has 1 saturated heterocycles. The van der Waals surface area contributed by atoms with Crippen LogP contribution in [0.3, 0.4) is 0 Å². The van der Waals surface area contributed by atoms with Crippen LogP contribution in [0.1, 0.15) is 142 Å². The summed E-state index contributed by atoms with van der Waals surface area (Å²) < 4.78 is 12.4. The summed E-state index contributed by atoms with van der Waals surface area (Å²) in [6.45, 7) is 19.5. The maximum Gasteiger partial charge on any atom is 0.126 e. The second-order valence-electron chi connectivity index (χ2n) is 36.9. The van der Waals surface area contributed by atoms with Crippen molar-refractivity contribution in [2.24, 2.45) is 0 Å². The monoisotopic (exact) mass is 1790 g/mol. The van der Waals surface area contributed by atoms with E-state index in [1.54, 1.807) is 7.11 Å². The number of para-hydroxylation sites is 2. The van der Waals surface area contributed by atoms with Crippen LogP contribution in [0.25, 0.3) is 124 Å². The van der Waals surface area contributed by atoms with Crippen LogP contribution in [0.15, 0.2) is 413 Å². The molecule has 0 saturated carbocycles. The van der Waals surface area contributed by atoms with E-state index in [1.165, 1.54) is 28.7 Å². The van der Waals surface area contributed by atoms with E-state index in [0.717, 1.165) is 240 Å². The molecule has 680 valence electrons. The van der Waals surface area contributed by atoms with Gasteiger partial charge in [-0.3, -0.25) is 4.98 Å². The fourth-order valence-corrected chi connectivity index (χ4v) is 20.4. The molecule has 2 aliphatic rings. The molecule has 2 heterocycles. The predicted molar refractivity (Wildman–Crippen MR) is 584 cm³/mol. The van der Waals surface area contributed by atoms with Gasteiger partial charge in [-0.25, -0.2) is 0 Å². The van der Waals surface area contributed by atoms with E-state index < -0.39 is 11.3 Å². The SMILES string of the molecule is C=C(c1ccccc1)c1ccc(-c2cc(-c3ccc(-c4cccc(CO)c4)cc3)c(-c3ccc(-c4ccccc4OC)cc3)c(C3=C(c4ccc(/C=C/CCCCC)cc4)C(c4ccc(/C=C/c5ccc(C)cc5)cc4)=C(c4ccc(N(C)Cc5cccc(C)n5)cc4)C(C)(c4ccc(-c5cccc(CC)c5)cc4)C3c3ccc(Nc4ccccc4)cc3)c2-c2ccc(N3CCOCC3)cc2)cc1. The zero-order valence-corrected chi connectivity index (χ0v) is 80.1. The van der Waals surface area contributed by atoms with Crippen molar-refractivity contribution in [3.63, 3.8) is 0 Å². The number of pyridine rings is 1. The number of benzene rings is 16. The number of aromatic nitrogens is 1. The van der Waals surface area contributed by atoms with Crippen LogP contribution in [0, 0.1) is 13.8 Å². The van der Waals surface area contributed by atoms with Gasteiger partial charge in [0.25, 0.3) is 0 Å². The number of hydrogen-bond donors (Lipinski definition) is 2. The molecule has 138 heavy (non-hydrogen) atoms. The Morgan fingerprint density at radius 1 is 0.464 bits per heavy atom. The lowest BCUT2D eigenvalue weighted by Gasteiger charge is -2.49. The lowest BCUT2D eigenvalue weighted by molar-refractivity contribution is 0.122. The summed E-state index contributed by atoms with van der Waals surface area (Å²) in [5.74, 6) is 0.216. The van der Waals surface area contributed by atoms with Gasteiger partial charge in [-0.2, -0.15) is 0 Å². The van der Waals surface area contributed by atoms with Gasteiger partial charge in [0, 0.05) is 65.5 Å². The summed E-state index contributed by atoms with van der Waals surface area (Å²) >= 11 is 0. The Labute approximate surface area is 815 Å². The number of anilines is 4. The van der Waals surface area contributed by atoms with Crippen molar-refractivity contribution < 1.29 is 14.6 Å². The summed E-state index contributed by atoms with van der Waals surface area (Å²) in [6, 6.07) is 150. The van der Waals surface area contributed by atoms with Crippen molar-refractivity contribution in [2.45, 2.75) is 91.2 Å². The van der Waals surface area contributed by atoms with Crippen molar-refractivity contribution >= 4 is 68.8 Å². The molecule has 1 aliphatic heterocycles. The second-order valence-corrected chi connectivity index (χ2v) is 36.9. The number of methoxy groups -OCH3 is 1. The number of ether oxygens (including phenoxy) is 2. The number of allylic oxidation sites excluding steroid dienone is 5. The molecule has 7 nitrogen and oxygen atoms in total. The molecule has 1 aromatic heterocycles. The molecule has 1 aliphatic carbocycles. The van der Waals surface area contributed by atoms with Gasteiger partial charge in [-0.1, -0.05) is 392 Å². The molecule has 0 radical (unpaired) electrons. The third-order valence-electron chi connectivity index (χ3n) is 27.8. The smallest absolute Gasteiger partial charge is 0.126 e. The third-order valence-corrected chi connectivity index (χ3v) is 27.8. The van der Waals surface area contributed by atoms with Gasteiger partial charge in [-0.15, -0.1) is 0 Å². The van der Waals surface area contributed by atoms with Gasteiger partial charge in [0.05, 0.1) is 39.2 Å². The quantitative estimate of drug-likeness (QED) is 0.0331. The Balaban J connectivity index is 1.03. The number of rotatable bonds is 31. The number of morpholine rings is 1. The highest BCUT2D eigenvalue weighted by molar-refractivity contribution is 6.29. The number of unbranched alkanes of at least 4 members (excludes halogenated alkanes) is 3. The Kier molecular flexibility index (Phi) is 28.0. The highest BCUT2D eigenvalue weighted by atomic mass is 16.5. The summed E-state index contributed by atoms with van der Waals surface area (Å²) in [6.07, 6.45) is 14.5. The summed E-state index contributed by atoms with van der Waals surface area (Å²) in [5.41, 5.74) is 40.5. The standard InChI is InChI=1S/C131H118N4O3/c1-9-11-12-13-16-27-94-45-49-107(50-46-94)125-126(108-51-47-96(48-52-108)44-43-95-41-39-90(3)40-42-95)129(110-71-77-117(78-72-110)134(7)88-116-36-23-26-91(4)132-116)131(6,113-73-65-101(66-74-113)111-32-24-28-93(10-2)85-111)130(109-67-75-115(76-68-109)133-114-34-19-15-20-35-114)128(125)127-123(105-63-61-102(62-64-105)119-37-21-22-38-122(119)137-8)121(104-59-55-100(56-60-104)112-33-25-29-97(86-112)89-136)87-120(103-57-53-99(54-58-103)92(5)98-30-17-14-18-31-98)124(127)106-69-79-118(80-70-106)135-81-83-138-84-82-135/h14-80,85-87,130,133,136H,5,9-13,81-84,88-89H2,1-4,6-8H3/b27-16+,44-43+. The second kappa shape index (κ2) is 42.2.